The van der Waals surface area contributed by atoms with E-state index in [0.29, 0.717) is 17.7 Å². The Kier molecular flexibility index (Phi) is 5.99. The number of nitrogens with zero attached hydrogens (tertiary/aromatic N) is 1. The van der Waals surface area contributed by atoms with Gasteiger partial charge < -0.3 is 10.2 Å². The SMILES string of the molecule is CSC(C)CCN1CC(=O)NC(CC(C)C)C1=O. The molecule has 0 aromatic heterocycles. The van der Waals surface area contributed by atoms with Crippen LogP contribution in [0.4, 0.5) is 0 Å². The van der Waals surface area contributed by atoms with Crippen LogP contribution in [0.25, 0.3) is 0 Å². The van der Waals surface area contributed by atoms with Gasteiger partial charge in [0.15, 0.2) is 0 Å². The molecule has 0 aliphatic carbocycles. The summed E-state index contributed by atoms with van der Waals surface area (Å²) in [5.41, 5.74) is 0. The molecule has 4 nitrogen and oxygen atoms in total. The molecule has 2 amide bonds. The standard InChI is InChI=1S/C13H24N2O2S/c1-9(2)7-11-13(17)15(8-12(16)14-11)6-5-10(3)18-4/h9-11H,5-8H2,1-4H3,(H,14,16). The van der Waals surface area contributed by atoms with E-state index in [0.717, 1.165) is 12.8 Å². The highest BCUT2D eigenvalue weighted by Crippen LogP contribution is 2.15. The van der Waals surface area contributed by atoms with E-state index >= 15 is 0 Å². The molecular formula is C13H24N2O2S. The molecule has 0 radical (unpaired) electrons. The van der Waals surface area contributed by atoms with Gasteiger partial charge in [-0.15, -0.1) is 0 Å². The van der Waals surface area contributed by atoms with Crippen LogP contribution in [0.3, 0.4) is 0 Å². The Morgan fingerprint density at radius 1 is 1.39 bits per heavy atom. The molecule has 1 rings (SSSR count). The van der Waals surface area contributed by atoms with Crippen molar-refractivity contribution in [2.24, 2.45) is 5.92 Å². The van der Waals surface area contributed by atoms with Crippen molar-refractivity contribution in [1.82, 2.24) is 10.2 Å². The number of carbonyl (C=O) groups is 2. The number of hydrogen-bond donors (Lipinski definition) is 1. The molecule has 0 aromatic rings. The molecule has 1 N–H and O–H groups in total. The fourth-order valence-electron chi connectivity index (χ4n) is 2.05. The normalized spacial score (nSPS) is 22.3. The smallest absolute Gasteiger partial charge is 0.245 e. The van der Waals surface area contributed by atoms with Crippen molar-refractivity contribution >= 4 is 23.6 Å². The molecule has 1 fully saturated rings. The molecule has 0 spiro atoms. The highest BCUT2D eigenvalue weighted by atomic mass is 32.2. The van der Waals surface area contributed by atoms with Crippen molar-refractivity contribution in [2.45, 2.75) is 44.9 Å². The Labute approximate surface area is 114 Å². The number of nitrogens with one attached hydrogen (secondary N) is 1. The fourth-order valence-corrected chi connectivity index (χ4v) is 2.39. The zero-order valence-electron chi connectivity index (χ0n) is 11.7. The second-order valence-electron chi connectivity index (χ2n) is 5.34. The zero-order chi connectivity index (χ0) is 13.7. The Morgan fingerprint density at radius 2 is 2.06 bits per heavy atom. The van der Waals surface area contributed by atoms with Crippen molar-refractivity contribution in [2.75, 3.05) is 19.3 Å². The zero-order valence-corrected chi connectivity index (χ0v) is 12.5. The first kappa shape index (κ1) is 15.3. The molecule has 1 aliphatic rings. The lowest BCUT2D eigenvalue weighted by molar-refractivity contribution is -0.144. The van der Waals surface area contributed by atoms with Gasteiger partial charge >= 0.3 is 0 Å². The molecule has 18 heavy (non-hydrogen) atoms. The van der Waals surface area contributed by atoms with Crippen molar-refractivity contribution < 1.29 is 9.59 Å². The Morgan fingerprint density at radius 3 is 2.61 bits per heavy atom. The third kappa shape index (κ3) is 4.52. The van der Waals surface area contributed by atoms with Crippen LogP contribution in [0.5, 0.6) is 0 Å². The maximum Gasteiger partial charge on any atom is 0.245 e. The second-order valence-corrected chi connectivity index (χ2v) is 6.62. The fraction of sp³-hybridized carbons (Fsp3) is 0.846. The van der Waals surface area contributed by atoms with Crippen LogP contribution in [0.15, 0.2) is 0 Å². The van der Waals surface area contributed by atoms with Crippen LogP contribution in [0.1, 0.15) is 33.6 Å². The van der Waals surface area contributed by atoms with E-state index in [4.69, 9.17) is 0 Å². The van der Waals surface area contributed by atoms with Crippen LogP contribution in [-0.4, -0.2) is 47.4 Å². The van der Waals surface area contributed by atoms with Crippen molar-refractivity contribution in [1.29, 1.82) is 0 Å². The van der Waals surface area contributed by atoms with Gasteiger partial charge in [0.1, 0.15) is 6.04 Å². The first-order chi connectivity index (χ1) is 8.43. The van der Waals surface area contributed by atoms with E-state index in [2.05, 4.69) is 32.3 Å². The van der Waals surface area contributed by atoms with Crippen molar-refractivity contribution in [3.63, 3.8) is 0 Å². The molecule has 1 heterocycles. The highest BCUT2D eigenvalue weighted by molar-refractivity contribution is 7.99. The maximum atomic E-state index is 12.2. The lowest BCUT2D eigenvalue weighted by atomic mass is 10.0. The molecule has 0 aromatic carbocycles. The molecule has 1 saturated heterocycles. The minimum absolute atomic E-state index is 0.0305. The minimum atomic E-state index is -0.323. The topological polar surface area (TPSA) is 49.4 Å². The molecule has 5 heteroatoms. The number of hydrogen-bond acceptors (Lipinski definition) is 3. The second kappa shape index (κ2) is 7.02. The molecule has 0 saturated carbocycles. The first-order valence-electron chi connectivity index (χ1n) is 6.55. The lowest BCUT2D eigenvalue weighted by Crippen LogP contribution is -2.58. The van der Waals surface area contributed by atoms with Crippen LogP contribution in [0.2, 0.25) is 0 Å². The summed E-state index contributed by atoms with van der Waals surface area (Å²) in [6.07, 6.45) is 3.73. The summed E-state index contributed by atoms with van der Waals surface area (Å²) < 4.78 is 0. The van der Waals surface area contributed by atoms with Gasteiger partial charge in [0.05, 0.1) is 6.54 Å². The largest absolute Gasteiger partial charge is 0.343 e. The number of amides is 2. The number of piperazine rings is 1. The summed E-state index contributed by atoms with van der Waals surface area (Å²) >= 11 is 1.79. The predicted molar refractivity (Wildman–Crippen MR) is 75.6 cm³/mol. The van der Waals surface area contributed by atoms with Gasteiger partial charge in [-0.2, -0.15) is 11.8 Å². The van der Waals surface area contributed by atoms with Gasteiger partial charge in [0.25, 0.3) is 0 Å². The lowest BCUT2D eigenvalue weighted by Gasteiger charge is -2.33. The van der Waals surface area contributed by atoms with Crippen molar-refractivity contribution in [3.05, 3.63) is 0 Å². The van der Waals surface area contributed by atoms with Crippen molar-refractivity contribution in [3.8, 4) is 0 Å². The average molecular weight is 272 g/mol. The monoisotopic (exact) mass is 272 g/mol. The highest BCUT2D eigenvalue weighted by Gasteiger charge is 2.32. The summed E-state index contributed by atoms with van der Waals surface area (Å²) in [6, 6.07) is -0.323. The summed E-state index contributed by atoms with van der Waals surface area (Å²) in [5.74, 6) is 0.456. The van der Waals surface area contributed by atoms with Gasteiger partial charge in [-0.05, 0) is 25.0 Å². The first-order valence-corrected chi connectivity index (χ1v) is 7.83. The van der Waals surface area contributed by atoms with E-state index < -0.39 is 0 Å². The maximum absolute atomic E-state index is 12.2. The molecule has 1 aliphatic heterocycles. The minimum Gasteiger partial charge on any atom is -0.343 e. The van der Waals surface area contributed by atoms with Gasteiger partial charge in [0.2, 0.25) is 11.8 Å². The Bertz CT molecular complexity index is 307. The van der Waals surface area contributed by atoms with Crippen LogP contribution >= 0.6 is 11.8 Å². The van der Waals surface area contributed by atoms with Gasteiger partial charge in [-0.1, -0.05) is 20.8 Å². The van der Waals surface area contributed by atoms with E-state index in [1.54, 1.807) is 16.7 Å². The molecule has 2 unspecified atom stereocenters. The van der Waals surface area contributed by atoms with E-state index in [9.17, 15) is 9.59 Å². The Balaban J connectivity index is 2.56. The molecular weight excluding hydrogens is 248 g/mol. The molecule has 104 valence electrons. The number of carbonyl (C=O) groups excluding carboxylic acids is 2. The number of rotatable bonds is 6. The Hall–Kier alpha value is -0.710. The summed E-state index contributed by atoms with van der Waals surface area (Å²) in [7, 11) is 0. The van der Waals surface area contributed by atoms with Crippen LogP contribution in [0, 0.1) is 5.92 Å². The third-order valence-electron chi connectivity index (χ3n) is 3.19. The van der Waals surface area contributed by atoms with Gasteiger partial charge in [0, 0.05) is 11.8 Å². The van der Waals surface area contributed by atoms with Gasteiger partial charge in [-0.3, -0.25) is 9.59 Å². The van der Waals surface area contributed by atoms with E-state index in [1.807, 2.05) is 0 Å². The molecule has 2 atom stereocenters. The summed E-state index contributed by atoms with van der Waals surface area (Å²) in [6.45, 7) is 7.17. The summed E-state index contributed by atoms with van der Waals surface area (Å²) in [4.78, 5) is 25.5. The third-order valence-corrected chi connectivity index (χ3v) is 4.23. The number of thioether (sulfide) groups is 1. The predicted octanol–water partition coefficient (Wildman–Crippen LogP) is 1.50. The van der Waals surface area contributed by atoms with Crippen LogP contribution in [-0.2, 0) is 9.59 Å². The molecule has 0 bridgehead atoms. The van der Waals surface area contributed by atoms with Crippen LogP contribution < -0.4 is 5.32 Å². The van der Waals surface area contributed by atoms with E-state index in [-0.39, 0.29) is 24.4 Å². The summed E-state index contributed by atoms with van der Waals surface area (Å²) in [5, 5.41) is 3.31. The quantitative estimate of drug-likeness (QED) is 0.797. The van der Waals surface area contributed by atoms with Gasteiger partial charge in [-0.25, -0.2) is 0 Å². The average Bonchev–Trinajstić information content (AvgIpc) is 2.30. The van der Waals surface area contributed by atoms with E-state index in [1.165, 1.54) is 0 Å².